The zero-order valence-corrected chi connectivity index (χ0v) is 23.4. The Morgan fingerprint density at radius 3 is 2.85 bits per heavy atom. The van der Waals surface area contributed by atoms with Crippen molar-refractivity contribution in [3.8, 4) is 5.88 Å². The van der Waals surface area contributed by atoms with Gasteiger partial charge in [-0.25, -0.2) is 9.99 Å². The van der Waals surface area contributed by atoms with Gasteiger partial charge in [-0.2, -0.15) is 15.0 Å². The Kier molecular flexibility index (Phi) is 7.64. The Morgan fingerprint density at radius 1 is 1.20 bits per heavy atom. The number of piperidine rings is 1. The molecule has 1 aromatic carbocycles. The minimum Gasteiger partial charge on any atom is -0.474 e. The summed E-state index contributed by atoms with van der Waals surface area (Å²) in [6, 6.07) is 13.5. The lowest BCUT2D eigenvalue weighted by Crippen LogP contribution is -2.41. The quantitative estimate of drug-likeness (QED) is 0.323. The molecule has 3 aromatic heterocycles. The van der Waals surface area contributed by atoms with Crippen molar-refractivity contribution in [2.75, 3.05) is 43.7 Å². The molecular weight excluding hydrogens is 520 g/mol. The van der Waals surface area contributed by atoms with Crippen LogP contribution in [-0.2, 0) is 11.3 Å². The van der Waals surface area contributed by atoms with Gasteiger partial charge in [0.15, 0.2) is 11.6 Å². The van der Waals surface area contributed by atoms with E-state index >= 15 is 0 Å². The van der Waals surface area contributed by atoms with E-state index in [1.54, 1.807) is 23.9 Å². The predicted octanol–water partition coefficient (Wildman–Crippen LogP) is 4.73. The molecule has 6 rings (SSSR count). The molecule has 0 unspecified atom stereocenters. The van der Waals surface area contributed by atoms with E-state index in [0.717, 1.165) is 48.1 Å². The van der Waals surface area contributed by atoms with E-state index in [9.17, 15) is 4.79 Å². The average Bonchev–Trinajstić information content (AvgIpc) is 3.31. The Balaban J connectivity index is 1.32. The molecule has 212 valence electrons. The van der Waals surface area contributed by atoms with Crippen molar-refractivity contribution >= 4 is 40.1 Å². The summed E-state index contributed by atoms with van der Waals surface area (Å²) in [6.45, 7) is 8.72. The Bertz CT molecular complexity index is 1560. The van der Waals surface area contributed by atoms with Crippen molar-refractivity contribution in [3.63, 3.8) is 0 Å². The van der Waals surface area contributed by atoms with Crippen LogP contribution in [0.5, 0.6) is 5.88 Å². The molecule has 4 aromatic rings. The van der Waals surface area contributed by atoms with E-state index in [-0.39, 0.29) is 12.0 Å². The number of rotatable bonds is 7. The smallest absolute Gasteiger partial charge is 0.229 e. The maximum atomic E-state index is 11.9. The average molecular weight is 555 g/mol. The lowest BCUT2D eigenvalue weighted by molar-refractivity contribution is 0.0325. The first-order valence-corrected chi connectivity index (χ1v) is 13.8. The molecule has 2 aliphatic heterocycles. The van der Waals surface area contributed by atoms with Gasteiger partial charge in [-0.15, -0.1) is 6.58 Å². The molecule has 41 heavy (non-hydrogen) atoms. The van der Waals surface area contributed by atoms with Crippen LogP contribution in [-0.4, -0.2) is 74.9 Å². The summed E-state index contributed by atoms with van der Waals surface area (Å²) < 4.78 is 13.9. The van der Waals surface area contributed by atoms with Crippen LogP contribution in [0, 0.1) is 0 Å². The number of pyridine rings is 1. The number of anilines is 4. The zero-order valence-electron chi connectivity index (χ0n) is 23.4. The molecule has 0 saturated carbocycles. The number of hydrogen-bond donors (Lipinski definition) is 1. The summed E-state index contributed by atoms with van der Waals surface area (Å²) in [5.41, 5.74) is 2.49. The lowest BCUT2D eigenvalue weighted by Gasteiger charge is -2.33. The van der Waals surface area contributed by atoms with E-state index in [1.807, 2.05) is 58.6 Å². The fourth-order valence-corrected chi connectivity index (χ4v) is 5.22. The van der Waals surface area contributed by atoms with Crippen molar-refractivity contribution in [1.29, 1.82) is 0 Å². The van der Waals surface area contributed by atoms with Crippen LogP contribution in [0.15, 0.2) is 67.5 Å². The first kappa shape index (κ1) is 26.9. The summed E-state index contributed by atoms with van der Waals surface area (Å²) in [6.07, 6.45) is 7.46. The Labute approximate surface area is 239 Å². The topological polar surface area (TPSA) is 101 Å². The highest BCUT2D eigenvalue weighted by Gasteiger charge is 2.28. The number of nitrogens with one attached hydrogen (secondary N) is 1. The Hall–Kier alpha value is -4.32. The zero-order chi connectivity index (χ0) is 28.3. The monoisotopic (exact) mass is 554 g/mol. The van der Waals surface area contributed by atoms with Crippen molar-refractivity contribution in [2.45, 2.75) is 32.5 Å². The summed E-state index contributed by atoms with van der Waals surface area (Å²) in [4.78, 5) is 28.6. The molecule has 2 aliphatic rings. The van der Waals surface area contributed by atoms with Crippen molar-refractivity contribution in [1.82, 2.24) is 29.4 Å². The number of carbonyl (C=O) groups excluding carboxylic acids is 1. The van der Waals surface area contributed by atoms with E-state index in [2.05, 4.69) is 28.8 Å². The van der Waals surface area contributed by atoms with Gasteiger partial charge in [0.05, 0.1) is 12.1 Å². The summed E-state index contributed by atoms with van der Waals surface area (Å²) in [7, 11) is 2.14. The van der Waals surface area contributed by atoms with Crippen LogP contribution >= 0.6 is 0 Å². The first-order valence-electron chi connectivity index (χ1n) is 13.8. The molecule has 5 heterocycles. The summed E-state index contributed by atoms with van der Waals surface area (Å²) in [5, 5.41) is 8.21. The second kappa shape index (κ2) is 11.7. The van der Waals surface area contributed by atoms with Crippen LogP contribution < -0.4 is 15.1 Å². The van der Waals surface area contributed by atoms with Crippen LogP contribution in [0.25, 0.3) is 10.9 Å². The van der Waals surface area contributed by atoms with E-state index in [4.69, 9.17) is 19.4 Å². The number of hydrazine groups is 1. The second-order valence-electron chi connectivity index (χ2n) is 10.4. The number of benzene rings is 1. The standard InChI is InChI=1S/C30H34N8O3/c1-4-13-36-20-40-19-23-18-31-30(32-24-8-9-26-22(17-24)10-16-37(26)21(2)39)34-29(23)38(36)27-6-5-7-28(33-27)41-25-11-14-35(3)15-12-25/h4-10,16-18,25H,1,11-15,19-20H2,2-3H3,(H,31,32,34). The fourth-order valence-electron chi connectivity index (χ4n) is 5.22. The second-order valence-corrected chi connectivity index (χ2v) is 10.4. The third-order valence-corrected chi connectivity index (χ3v) is 7.33. The third kappa shape index (κ3) is 5.78. The molecule has 1 fully saturated rings. The minimum absolute atomic E-state index is 0.0318. The molecule has 0 amide bonds. The highest BCUT2D eigenvalue weighted by atomic mass is 16.5. The highest BCUT2D eigenvalue weighted by molar-refractivity contribution is 5.93. The molecule has 0 radical (unpaired) electrons. The molecular formula is C30H34N8O3. The fraction of sp³-hybridized carbons (Fsp3) is 0.333. The van der Waals surface area contributed by atoms with Gasteiger partial charge in [0.25, 0.3) is 0 Å². The maximum Gasteiger partial charge on any atom is 0.229 e. The van der Waals surface area contributed by atoms with Crippen molar-refractivity contribution in [2.24, 2.45) is 0 Å². The molecule has 0 spiro atoms. The van der Waals surface area contributed by atoms with Gasteiger partial charge in [-0.3, -0.25) is 9.36 Å². The molecule has 11 nitrogen and oxygen atoms in total. The number of nitrogens with zero attached hydrogens (tertiary/aromatic N) is 7. The van der Waals surface area contributed by atoms with Crippen LogP contribution in [0.3, 0.4) is 0 Å². The Morgan fingerprint density at radius 2 is 2.05 bits per heavy atom. The van der Waals surface area contributed by atoms with Gasteiger partial charge in [0, 0.05) is 61.7 Å². The first-order chi connectivity index (χ1) is 20.0. The number of fused-ring (bicyclic) bond motifs is 2. The summed E-state index contributed by atoms with van der Waals surface area (Å²) >= 11 is 0. The van der Waals surface area contributed by atoms with E-state index in [0.29, 0.717) is 43.3 Å². The highest BCUT2D eigenvalue weighted by Crippen LogP contribution is 2.33. The van der Waals surface area contributed by atoms with Gasteiger partial charge in [-0.05, 0) is 50.2 Å². The number of carbonyl (C=O) groups is 1. The number of likely N-dealkylation sites (tertiary alicyclic amines) is 1. The molecule has 0 aliphatic carbocycles. The molecule has 11 heteroatoms. The van der Waals surface area contributed by atoms with E-state index in [1.165, 1.54) is 0 Å². The molecule has 0 bridgehead atoms. The minimum atomic E-state index is -0.0318. The molecule has 1 saturated heterocycles. The van der Waals surface area contributed by atoms with Crippen LogP contribution in [0.1, 0.15) is 30.1 Å². The number of aromatic nitrogens is 4. The van der Waals surface area contributed by atoms with E-state index < -0.39 is 0 Å². The third-order valence-electron chi connectivity index (χ3n) is 7.33. The van der Waals surface area contributed by atoms with Crippen molar-refractivity contribution < 1.29 is 14.3 Å². The maximum absolute atomic E-state index is 11.9. The van der Waals surface area contributed by atoms with Gasteiger partial charge < -0.3 is 19.7 Å². The van der Waals surface area contributed by atoms with Crippen LogP contribution in [0.4, 0.5) is 23.3 Å². The number of hydrogen-bond acceptors (Lipinski definition) is 10. The molecule has 0 atom stereocenters. The summed E-state index contributed by atoms with van der Waals surface area (Å²) in [5.74, 6) is 2.31. The number of ether oxygens (including phenoxy) is 2. The van der Waals surface area contributed by atoms with Gasteiger partial charge in [0.1, 0.15) is 12.8 Å². The molecule has 1 N–H and O–H groups in total. The predicted molar refractivity (Wildman–Crippen MR) is 158 cm³/mol. The van der Waals surface area contributed by atoms with Gasteiger partial charge in [-0.1, -0.05) is 12.1 Å². The van der Waals surface area contributed by atoms with Gasteiger partial charge in [0.2, 0.25) is 17.7 Å². The van der Waals surface area contributed by atoms with Crippen LogP contribution in [0.2, 0.25) is 0 Å². The van der Waals surface area contributed by atoms with Gasteiger partial charge >= 0.3 is 0 Å². The lowest BCUT2D eigenvalue weighted by atomic mass is 10.1. The normalized spacial score (nSPS) is 16.8. The SMILES string of the molecule is C=CCN1COCc2cnc(Nc3ccc4c(ccn4C(C)=O)c3)nc2N1c1cccc(OC2CCN(C)CC2)n1. The van der Waals surface area contributed by atoms with Crippen molar-refractivity contribution in [3.05, 3.63) is 73.1 Å². The largest absolute Gasteiger partial charge is 0.474 e.